The Morgan fingerprint density at radius 1 is 0.882 bits per heavy atom. The molecule has 1 nitrogen and oxygen atoms in total. The first-order valence-electron chi connectivity index (χ1n) is 7.84. The fraction of sp³-hybridized carbons (Fsp3) is 1.00. The Kier molecular flexibility index (Phi) is 4.52. The molecule has 2 fully saturated rings. The summed E-state index contributed by atoms with van der Waals surface area (Å²) < 4.78 is 0. The fourth-order valence-corrected chi connectivity index (χ4v) is 4.09. The number of aliphatic hydroxyl groups is 1. The van der Waals surface area contributed by atoms with Crippen molar-refractivity contribution in [2.45, 2.75) is 83.7 Å². The standard InChI is InChI=1S/C16H30O/c1-13(2)14-7-6-11-16(17,12-10-14)15-8-4-3-5-9-15/h13-15,17H,3-12H2,1-2H3. The van der Waals surface area contributed by atoms with Crippen LogP contribution in [0.2, 0.25) is 0 Å². The van der Waals surface area contributed by atoms with Gasteiger partial charge in [-0.2, -0.15) is 0 Å². The Bertz CT molecular complexity index is 230. The molecular weight excluding hydrogens is 208 g/mol. The summed E-state index contributed by atoms with van der Waals surface area (Å²) in [7, 11) is 0. The molecule has 0 aromatic heterocycles. The Labute approximate surface area is 107 Å². The van der Waals surface area contributed by atoms with Gasteiger partial charge in [0.1, 0.15) is 0 Å². The molecule has 0 radical (unpaired) electrons. The van der Waals surface area contributed by atoms with Gasteiger partial charge in [0.15, 0.2) is 0 Å². The maximum Gasteiger partial charge on any atom is 0.0675 e. The van der Waals surface area contributed by atoms with Gasteiger partial charge in [-0.3, -0.25) is 0 Å². The molecule has 2 aliphatic carbocycles. The Morgan fingerprint density at radius 2 is 1.59 bits per heavy atom. The third-order valence-electron chi connectivity index (χ3n) is 5.44. The third kappa shape index (κ3) is 3.24. The molecule has 0 aromatic rings. The second-order valence-corrected chi connectivity index (χ2v) is 6.87. The van der Waals surface area contributed by atoms with Gasteiger partial charge in [-0.15, -0.1) is 0 Å². The predicted octanol–water partition coefficient (Wildman–Crippen LogP) is 4.53. The molecule has 100 valence electrons. The molecule has 2 saturated carbocycles. The van der Waals surface area contributed by atoms with Gasteiger partial charge in [0.2, 0.25) is 0 Å². The van der Waals surface area contributed by atoms with E-state index in [1.54, 1.807) is 0 Å². The molecule has 0 spiro atoms. The lowest BCUT2D eigenvalue weighted by atomic mass is 9.73. The minimum Gasteiger partial charge on any atom is -0.390 e. The van der Waals surface area contributed by atoms with Crippen molar-refractivity contribution in [2.24, 2.45) is 17.8 Å². The van der Waals surface area contributed by atoms with Crippen molar-refractivity contribution < 1.29 is 5.11 Å². The minimum atomic E-state index is -0.302. The van der Waals surface area contributed by atoms with Crippen LogP contribution in [-0.4, -0.2) is 10.7 Å². The van der Waals surface area contributed by atoms with Crippen molar-refractivity contribution in [3.8, 4) is 0 Å². The van der Waals surface area contributed by atoms with E-state index in [9.17, 15) is 5.11 Å². The monoisotopic (exact) mass is 238 g/mol. The Morgan fingerprint density at radius 3 is 2.24 bits per heavy atom. The first-order chi connectivity index (χ1) is 8.12. The fourth-order valence-electron chi connectivity index (χ4n) is 4.09. The van der Waals surface area contributed by atoms with Gasteiger partial charge >= 0.3 is 0 Å². The first kappa shape index (κ1) is 13.4. The van der Waals surface area contributed by atoms with Crippen LogP contribution in [0.4, 0.5) is 0 Å². The van der Waals surface area contributed by atoms with E-state index < -0.39 is 0 Å². The smallest absolute Gasteiger partial charge is 0.0675 e. The van der Waals surface area contributed by atoms with E-state index in [1.807, 2.05) is 0 Å². The zero-order chi connectivity index (χ0) is 12.3. The van der Waals surface area contributed by atoms with E-state index in [1.165, 1.54) is 51.4 Å². The summed E-state index contributed by atoms with van der Waals surface area (Å²) >= 11 is 0. The summed E-state index contributed by atoms with van der Waals surface area (Å²) in [6.45, 7) is 4.69. The molecule has 0 amide bonds. The maximum absolute atomic E-state index is 11.0. The molecule has 2 atom stereocenters. The summed E-state index contributed by atoms with van der Waals surface area (Å²) in [5.41, 5.74) is -0.302. The highest BCUT2D eigenvalue weighted by molar-refractivity contribution is 4.91. The zero-order valence-corrected chi connectivity index (χ0v) is 11.8. The molecule has 2 unspecified atom stereocenters. The van der Waals surface area contributed by atoms with Crippen molar-refractivity contribution in [3.05, 3.63) is 0 Å². The van der Waals surface area contributed by atoms with Crippen LogP contribution < -0.4 is 0 Å². The Balaban J connectivity index is 1.95. The largest absolute Gasteiger partial charge is 0.390 e. The highest BCUT2D eigenvalue weighted by Gasteiger charge is 2.38. The molecule has 0 saturated heterocycles. The topological polar surface area (TPSA) is 20.2 Å². The van der Waals surface area contributed by atoms with Crippen LogP contribution in [0.1, 0.15) is 78.1 Å². The first-order valence-corrected chi connectivity index (χ1v) is 7.84. The molecule has 2 rings (SSSR count). The van der Waals surface area contributed by atoms with Gasteiger partial charge in [-0.25, -0.2) is 0 Å². The molecule has 1 heteroatoms. The summed E-state index contributed by atoms with van der Waals surface area (Å²) in [5.74, 6) is 2.26. The van der Waals surface area contributed by atoms with E-state index in [-0.39, 0.29) is 5.60 Å². The van der Waals surface area contributed by atoms with Gasteiger partial charge in [0.05, 0.1) is 5.60 Å². The number of hydrogen-bond donors (Lipinski definition) is 1. The van der Waals surface area contributed by atoms with Crippen molar-refractivity contribution in [2.75, 3.05) is 0 Å². The van der Waals surface area contributed by atoms with Crippen LogP contribution in [0.15, 0.2) is 0 Å². The van der Waals surface area contributed by atoms with Crippen LogP contribution in [0.5, 0.6) is 0 Å². The number of hydrogen-bond acceptors (Lipinski definition) is 1. The van der Waals surface area contributed by atoms with E-state index >= 15 is 0 Å². The van der Waals surface area contributed by atoms with E-state index in [0.717, 1.165) is 24.7 Å². The van der Waals surface area contributed by atoms with Crippen molar-refractivity contribution in [3.63, 3.8) is 0 Å². The van der Waals surface area contributed by atoms with Crippen LogP contribution >= 0.6 is 0 Å². The lowest BCUT2D eigenvalue weighted by Gasteiger charge is -2.38. The average molecular weight is 238 g/mol. The second-order valence-electron chi connectivity index (χ2n) is 6.87. The molecule has 1 N–H and O–H groups in total. The Hall–Kier alpha value is -0.0400. The average Bonchev–Trinajstić information content (AvgIpc) is 2.54. The summed E-state index contributed by atoms with van der Waals surface area (Å²) in [6.07, 6.45) is 12.6. The van der Waals surface area contributed by atoms with Crippen molar-refractivity contribution >= 4 is 0 Å². The molecular formula is C16H30O. The normalized spacial score (nSPS) is 37.1. The van der Waals surface area contributed by atoms with Crippen molar-refractivity contribution in [1.29, 1.82) is 0 Å². The highest BCUT2D eigenvalue weighted by Crippen LogP contribution is 2.42. The predicted molar refractivity (Wildman–Crippen MR) is 72.9 cm³/mol. The molecule has 17 heavy (non-hydrogen) atoms. The summed E-state index contributed by atoms with van der Waals surface area (Å²) in [6, 6.07) is 0. The minimum absolute atomic E-state index is 0.302. The maximum atomic E-state index is 11.0. The van der Waals surface area contributed by atoms with Gasteiger partial charge in [-0.1, -0.05) is 46.0 Å². The third-order valence-corrected chi connectivity index (χ3v) is 5.44. The van der Waals surface area contributed by atoms with Gasteiger partial charge in [0, 0.05) is 0 Å². The van der Waals surface area contributed by atoms with E-state index in [2.05, 4.69) is 13.8 Å². The van der Waals surface area contributed by atoms with E-state index in [0.29, 0.717) is 5.92 Å². The van der Waals surface area contributed by atoms with E-state index in [4.69, 9.17) is 0 Å². The van der Waals surface area contributed by atoms with Gasteiger partial charge in [-0.05, 0) is 49.9 Å². The zero-order valence-electron chi connectivity index (χ0n) is 11.8. The SMILES string of the molecule is CC(C)C1CCCC(O)(C2CCCCC2)CC1. The molecule has 0 heterocycles. The summed E-state index contributed by atoms with van der Waals surface area (Å²) in [5, 5.41) is 11.0. The van der Waals surface area contributed by atoms with Crippen LogP contribution in [0, 0.1) is 17.8 Å². The lowest BCUT2D eigenvalue weighted by Crippen LogP contribution is -2.38. The molecule has 0 bridgehead atoms. The highest BCUT2D eigenvalue weighted by atomic mass is 16.3. The van der Waals surface area contributed by atoms with Gasteiger partial charge in [0.25, 0.3) is 0 Å². The van der Waals surface area contributed by atoms with Gasteiger partial charge < -0.3 is 5.11 Å². The summed E-state index contributed by atoms with van der Waals surface area (Å²) in [4.78, 5) is 0. The second kappa shape index (κ2) is 5.73. The lowest BCUT2D eigenvalue weighted by molar-refractivity contribution is -0.0462. The molecule has 2 aliphatic rings. The molecule has 0 aromatic carbocycles. The quantitative estimate of drug-likeness (QED) is 0.701. The van der Waals surface area contributed by atoms with Crippen LogP contribution in [0.3, 0.4) is 0 Å². The van der Waals surface area contributed by atoms with Crippen LogP contribution in [-0.2, 0) is 0 Å². The number of rotatable bonds is 2. The van der Waals surface area contributed by atoms with Crippen LogP contribution in [0.25, 0.3) is 0 Å². The molecule has 0 aliphatic heterocycles. The van der Waals surface area contributed by atoms with Crippen molar-refractivity contribution in [1.82, 2.24) is 0 Å².